The molecule has 2 heterocycles. The fourth-order valence-electron chi connectivity index (χ4n) is 2.45. The van der Waals surface area contributed by atoms with Gasteiger partial charge in [-0.05, 0) is 37.8 Å². The van der Waals surface area contributed by atoms with Gasteiger partial charge in [-0.25, -0.2) is 0 Å². The normalized spacial score (nSPS) is 14.7. The van der Waals surface area contributed by atoms with Crippen LogP contribution in [-0.4, -0.2) is 23.1 Å². The third-order valence-electron chi connectivity index (χ3n) is 3.85. The second-order valence-electron chi connectivity index (χ2n) is 5.09. The van der Waals surface area contributed by atoms with Crippen molar-refractivity contribution in [1.82, 2.24) is 4.90 Å². The second kappa shape index (κ2) is 6.55. The number of rotatable bonds is 3. The van der Waals surface area contributed by atoms with E-state index in [9.17, 15) is 4.79 Å². The van der Waals surface area contributed by atoms with E-state index in [0.29, 0.717) is 6.54 Å². The van der Waals surface area contributed by atoms with Gasteiger partial charge in [0.25, 0.3) is 0 Å². The van der Waals surface area contributed by atoms with Crippen LogP contribution in [0.15, 0.2) is 34.9 Å². The molecule has 0 unspecified atom stereocenters. The van der Waals surface area contributed by atoms with E-state index >= 15 is 0 Å². The number of halogens is 1. The van der Waals surface area contributed by atoms with Gasteiger partial charge in [-0.2, -0.15) is 0 Å². The van der Waals surface area contributed by atoms with E-state index in [1.54, 1.807) is 11.3 Å². The van der Waals surface area contributed by atoms with Crippen LogP contribution in [-0.2, 0) is 0 Å². The molecule has 5 heteroatoms. The lowest BCUT2D eigenvalue weighted by atomic mass is 10.1. The van der Waals surface area contributed by atoms with Crippen LogP contribution in [0.2, 0.25) is 0 Å². The van der Waals surface area contributed by atoms with Crippen molar-refractivity contribution in [1.29, 1.82) is 0 Å². The van der Waals surface area contributed by atoms with Crippen LogP contribution in [0.1, 0.15) is 29.1 Å². The highest BCUT2D eigenvalue weighted by molar-refractivity contribution is 8.93. The van der Waals surface area contributed by atoms with E-state index in [-0.39, 0.29) is 22.8 Å². The van der Waals surface area contributed by atoms with Crippen molar-refractivity contribution in [2.45, 2.75) is 20.8 Å². The van der Waals surface area contributed by atoms with Crippen LogP contribution in [0, 0.1) is 6.92 Å². The number of Topliss-reactive ketones (excluding diaryl/α,β-unsaturated/α-hetero) is 1. The Balaban J connectivity index is 0.00000161. The van der Waals surface area contributed by atoms with E-state index < -0.39 is 0 Å². The summed E-state index contributed by atoms with van der Waals surface area (Å²) < 4.78 is 1.20. The van der Waals surface area contributed by atoms with Crippen molar-refractivity contribution in [3.63, 3.8) is 0 Å². The van der Waals surface area contributed by atoms with Gasteiger partial charge >= 0.3 is 0 Å². The summed E-state index contributed by atoms with van der Waals surface area (Å²) in [6.45, 7) is 6.76. The standard InChI is InChI=1S/C16H17NOS2.BrH/c1-10-13-6-4-5-7-15(13)20-16(10)14(18)8-17-9-19-12(3)11(17)2;/h4-7H,8-9H2,1-3H3;1H. The zero-order chi connectivity index (χ0) is 14.3. The Morgan fingerprint density at radius 3 is 2.57 bits per heavy atom. The summed E-state index contributed by atoms with van der Waals surface area (Å²) in [5, 5.41) is 1.21. The van der Waals surface area contributed by atoms with Crippen LogP contribution in [0.25, 0.3) is 10.1 Å². The summed E-state index contributed by atoms with van der Waals surface area (Å²) in [6.07, 6.45) is 0. The van der Waals surface area contributed by atoms with Gasteiger partial charge in [-0.1, -0.05) is 18.2 Å². The van der Waals surface area contributed by atoms with Gasteiger partial charge in [-0.3, -0.25) is 4.79 Å². The van der Waals surface area contributed by atoms with Gasteiger partial charge in [0.2, 0.25) is 0 Å². The monoisotopic (exact) mass is 383 g/mol. The van der Waals surface area contributed by atoms with Crippen LogP contribution in [0.3, 0.4) is 0 Å². The molecule has 0 fully saturated rings. The molecule has 21 heavy (non-hydrogen) atoms. The fraction of sp³-hybridized carbons (Fsp3) is 0.312. The average Bonchev–Trinajstić information content (AvgIpc) is 2.94. The summed E-state index contributed by atoms with van der Waals surface area (Å²) in [4.78, 5) is 17.0. The molecular formula is C16H18BrNOS2. The molecule has 0 bridgehead atoms. The summed E-state index contributed by atoms with van der Waals surface area (Å²) in [5.41, 5.74) is 2.36. The Morgan fingerprint density at radius 2 is 1.95 bits per heavy atom. The van der Waals surface area contributed by atoms with E-state index in [1.165, 1.54) is 20.7 Å². The minimum atomic E-state index is 0. The molecular weight excluding hydrogens is 366 g/mol. The maximum atomic E-state index is 12.6. The maximum absolute atomic E-state index is 12.6. The highest BCUT2D eigenvalue weighted by Crippen LogP contribution is 2.33. The predicted molar refractivity (Wildman–Crippen MR) is 98.8 cm³/mol. The first-order chi connectivity index (χ1) is 9.58. The summed E-state index contributed by atoms with van der Waals surface area (Å²) in [6, 6.07) is 8.24. The molecule has 1 aromatic carbocycles. The third kappa shape index (κ3) is 3.05. The summed E-state index contributed by atoms with van der Waals surface area (Å²) in [7, 11) is 0. The number of carbonyl (C=O) groups is 1. The molecule has 2 nitrogen and oxygen atoms in total. The predicted octanol–water partition coefficient (Wildman–Crippen LogP) is 5.23. The van der Waals surface area contributed by atoms with Crippen LogP contribution >= 0.6 is 40.1 Å². The van der Waals surface area contributed by atoms with Gasteiger partial charge in [0, 0.05) is 15.3 Å². The Bertz CT molecular complexity index is 720. The lowest BCUT2D eigenvalue weighted by Gasteiger charge is -2.17. The number of thioether (sulfide) groups is 1. The van der Waals surface area contributed by atoms with Crippen molar-refractivity contribution < 1.29 is 4.79 Å². The third-order valence-corrected chi connectivity index (χ3v) is 6.34. The zero-order valence-corrected chi connectivity index (χ0v) is 15.6. The Kier molecular flexibility index (Phi) is 5.17. The van der Waals surface area contributed by atoms with Gasteiger partial charge in [0.1, 0.15) is 0 Å². The molecule has 0 spiro atoms. The molecule has 112 valence electrons. The average molecular weight is 384 g/mol. The molecule has 2 aromatic rings. The molecule has 0 saturated heterocycles. The van der Waals surface area contributed by atoms with Gasteiger partial charge in [0.15, 0.2) is 5.78 Å². The molecule has 0 atom stereocenters. The van der Waals surface area contributed by atoms with Crippen LogP contribution in [0.5, 0.6) is 0 Å². The minimum Gasteiger partial charge on any atom is -0.357 e. The first kappa shape index (κ1) is 16.6. The Labute approximate surface area is 144 Å². The molecule has 1 aliphatic heterocycles. The number of ketones is 1. The zero-order valence-electron chi connectivity index (χ0n) is 12.3. The lowest BCUT2D eigenvalue weighted by molar-refractivity contribution is 0.0962. The van der Waals surface area contributed by atoms with E-state index in [4.69, 9.17) is 0 Å². The van der Waals surface area contributed by atoms with E-state index in [1.807, 2.05) is 23.9 Å². The van der Waals surface area contributed by atoms with Crippen molar-refractivity contribution in [3.05, 3.63) is 45.3 Å². The number of hydrogen-bond acceptors (Lipinski definition) is 4. The molecule has 0 aliphatic carbocycles. The van der Waals surface area contributed by atoms with Crippen LogP contribution in [0.4, 0.5) is 0 Å². The number of fused-ring (bicyclic) bond motifs is 1. The molecule has 1 aromatic heterocycles. The Hall–Kier alpha value is -0.780. The SMILES string of the molecule is Br.CC1=C(C)N(CC(=O)c2sc3ccccc3c2C)CS1. The number of carbonyl (C=O) groups excluding carboxylic acids is 1. The van der Waals surface area contributed by atoms with Crippen molar-refractivity contribution in [2.75, 3.05) is 12.4 Å². The van der Waals surface area contributed by atoms with E-state index in [0.717, 1.165) is 16.3 Å². The highest BCUT2D eigenvalue weighted by Gasteiger charge is 2.22. The molecule has 0 N–H and O–H groups in total. The van der Waals surface area contributed by atoms with E-state index in [2.05, 4.69) is 37.8 Å². The van der Waals surface area contributed by atoms with Gasteiger partial charge in [0.05, 0.1) is 17.3 Å². The lowest BCUT2D eigenvalue weighted by Crippen LogP contribution is -2.25. The first-order valence-electron chi connectivity index (χ1n) is 6.64. The van der Waals surface area contributed by atoms with Gasteiger partial charge in [-0.15, -0.1) is 40.1 Å². The number of nitrogens with zero attached hydrogens (tertiary/aromatic N) is 1. The number of benzene rings is 1. The molecule has 0 radical (unpaired) electrons. The molecule has 1 aliphatic rings. The largest absolute Gasteiger partial charge is 0.357 e. The smallest absolute Gasteiger partial charge is 0.192 e. The first-order valence-corrected chi connectivity index (χ1v) is 8.44. The number of hydrogen-bond donors (Lipinski definition) is 0. The minimum absolute atomic E-state index is 0. The number of allylic oxidation sites excluding steroid dienone is 2. The topological polar surface area (TPSA) is 20.3 Å². The summed E-state index contributed by atoms with van der Waals surface area (Å²) in [5.74, 6) is 1.13. The fourth-order valence-corrected chi connectivity index (χ4v) is 4.56. The van der Waals surface area contributed by atoms with Crippen LogP contribution < -0.4 is 0 Å². The van der Waals surface area contributed by atoms with Crippen molar-refractivity contribution >= 4 is 55.9 Å². The second-order valence-corrected chi connectivity index (χ2v) is 7.30. The maximum Gasteiger partial charge on any atom is 0.192 e. The molecule has 3 rings (SSSR count). The number of aryl methyl sites for hydroxylation is 1. The van der Waals surface area contributed by atoms with Crippen molar-refractivity contribution in [2.24, 2.45) is 0 Å². The number of thiophene rings is 1. The summed E-state index contributed by atoms with van der Waals surface area (Å²) >= 11 is 3.43. The van der Waals surface area contributed by atoms with Crippen molar-refractivity contribution in [3.8, 4) is 0 Å². The quantitative estimate of drug-likeness (QED) is 0.676. The van der Waals surface area contributed by atoms with Gasteiger partial charge < -0.3 is 4.90 Å². The molecule has 0 amide bonds. The Morgan fingerprint density at radius 1 is 1.24 bits per heavy atom. The highest BCUT2D eigenvalue weighted by atomic mass is 79.9. The molecule has 0 saturated carbocycles.